The molecule has 3 aromatic heterocycles. The van der Waals surface area contributed by atoms with Crippen molar-refractivity contribution in [3.63, 3.8) is 0 Å². The van der Waals surface area contributed by atoms with Gasteiger partial charge in [0.2, 0.25) is 5.91 Å². The standard InChI is InChI=1S/C29H35N5O5S.C23H31N5O4S.C21H29N5O3S.3Na/c1-32(29(36)39-20-21-8-4-3-5-9-21)14-15-34(24-18-30-33(2)19-24)40(37,38)31-28(35)17-27-25-12-6-10-22(25)16-23-11-7-13-26(23)27;1-16(29)26(2)10-11-28(19-14-24-27(3)15-19)33(31,32)25-23(30)13-22-20-8-4-6-17(20)12-18-7-5-9-21(18)22;1-22-9-10-26(17-13-23-25(2)14-17)30(28,29)24-21(27)12-20-18-7-3-5-15(18)11-16-6-4-8-19(16)20;;;/h3-5,8-9,16,18-19H,6-7,10-15,17,20H2,1-2H3,(H,31,35);12,14-15H,4-11,13H2,1-3H3,(H,25,30);11,13-14,22H,3-10,12H2,1-2H3,(H,24,27);;;/q;;;3*+1/p-3. The summed E-state index contributed by atoms with van der Waals surface area (Å²) < 4.78 is 103. The van der Waals surface area contributed by atoms with Gasteiger partial charge in [-0.2, -0.15) is 53.7 Å². The summed E-state index contributed by atoms with van der Waals surface area (Å²) in [4.78, 5) is 26.8. The molecule has 33 heteroatoms. The Hall–Kier alpha value is -6.13. The van der Waals surface area contributed by atoms with Crippen molar-refractivity contribution in [3.05, 3.63) is 175 Å². The number of anilines is 3. The van der Waals surface area contributed by atoms with Gasteiger partial charge in [-0.1, -0.05) is 48.5 Å². The van der Waals surface area contributed by atoms with Crippen LogP contribution in [-0.2, 0) is 164 Å². The van der Waals surface area contributed by atoms with E-state index in [1.807, 2.05) is 30.3 Å². The van der Waals surface area contributed by atoms with Gasteiger partial charge in [-0.3, -0.25) is 18.8 Å². The zero-order valence-electron chi connectivity index (χ0n) is 62.8. The summed E-state index contributed by atoms with van der Waals surface area (Å²) in [5, 5.41) is 54.1. The van der Waals surface area contributed by atoms with Crippen molar-refractivity contribution in [2.75, 3.05) is 73.3 Å². The third-order valence-corrected chi connectivity index (χ3v) is 24.3. The SMILES string of the molecule is CC(=O)N(C)CCN(c1cnn(C)c1)S(=O)(=O)N=C([O-])Cc1c2c(cc3c1CCC3)CCC2.CN(CCN(c1cnn(C)c1)S(=O)(=O)N=C([O-])Cc1c2c(cc3c1CCC3)CCC2)C(=O)OCc1ccccc1.CNCCN(c1cnn(C)c1)S(=O)(=O)N=C([O-])Cc1c2c(cc3c1CCC3)CCC2.[Na+].[Na+].[Na+]. The van der Waals surface area contributed by atoms with Crippen molar-refractivity contribution in [3.8, 4) is 0 Å². The van der Waals surface area contributed by atoms with Gasteiger partial charge in [-0.15, -0.1) is 0 Å². The summed E-state index contributed by atoms with van der Waals surface area (Å²) in [5.74, 6) is -2.15. The smallest absolute Gasteiger partial charge is 0.861 e. The third kappa shape index (κ3) is 21.1. The molecule has 0 radical (unpaired) electrons. The fourth-order valence-electron chi connectivity index (χ4n) is 15.0. The number of carbonyl (C=O) groups is 2. The zero-order valence-corrected chi connectivity index (χ0v) is 71.2. The van der Waals surface area contributed by atoms with E-state index in [1.54, 1.807) is 47.6 Å². The molecule has 0 spiro atoms. The van der Waals surface area contributed by atoms with E-state index in [0.717, 1.165) is 151 Å². The minimum atomic E-state index is -4.41. The number of likely N-dealkylation sites (N-methyl/N-ethyl adjacent to an activating group) is 3. The van der Waals surface area contributed by atoms with E-state index in [0.29, 0.717) is 17.9 Å². The van der Waals surface area contributed by atoms with Crippen LogP contribution in [0.15, 0.2) is 98.9 Å². The van der Waals surface area contributed by atoms with Crippen molar-refractivity contribution < 1.29 is 144 Å². The van der Waals surface area contributed by atoms with Crippen molar-refractivity contribution in [1.82, 2.24) is 44.5 Å². The number of hydrogen-bond acceptors (Lipinski definition) is 16. The third-order valence-electron chi connectivity index (χ3n) is 20.1. The maximum absolute atomic E-state index is 13.5. The van der Waals surface area contributed by atoms with E-state index in [1.165, 1.54) is 129 Å². The van der Waals surface area contributed by atoms with Crippen LogP contribution in [0.25, 0.3) is 0 Å². The molecule has 0 aliphatic heterocycles. The molecule has 0 saturated carbocycles. The summed E-state index contributed by atoms with van der Waals surface area (Å²) in [6.45, 7) is 2.13. The number of aryl methyl sites for hydroxylation is 9. The van der Waals surface area contributed by atoms with Gasteiger partial charge in [-0.05, 0) is 229 Å². The molecule has 3 heterocycles. The number of nitrogens with zero attached hydrogens (tertiary/aromatic N) is 14. The number of fused-ring (bicyclic) bond motifs is 6. The van der Waals surface area contributed by atoms with Crippen molar-refractivity contribution in [2.24, 2.45) is 34.3 Å². The van der Waals surface area contributed by atoms with E-state index in [2.05, 4.69) is 52.0 Å². The first-order valence-corrected chi connectivity index (χ1v) is 39.5. The Morgan fingerprint density at radius 3 is 1.06 bits per heavy atom. The van der Waals surface area contributed by atoms with Crippen LogP contribution < -0.4 is 122 Å². The topological polar surface area (TPSA) is 334 Å². The van der Waals surface area contributed by atoms with Crippen LogP contribution >= 0.6 is 0 Å². The molecule has 0 atom stereocenters. The molecule has 0 saturated heterocycles. The van der Waals surface area contributed by atoms with E-state index in [4.69, 9.17) is 4.74 Å². The van der Waals surface area contributed by atoms with Gasteiger partial charge in [0.1, 0.15) is 6.61 Å². The first kappa shape index (κ1) is 85.5. The van der Waals surface area contributed by atoms with Crippen LogP contribution in [0.3, 0.4) is 0 Å². The Kier molecular flexibility index (Phi) is 30.6. The molecule has 0 unspecified atom stereocenters. The molecule has 27 nitrogen and oxygen atoms in total. The Bertz CT molecular complexity index is 4640. The van der Waals surface area contributed by atoms with Gasteiger partial charge in [0.05, 0.1) is 48.7 Å². The minimum Gasteiger partial charge on any atom is -0.861 e. The number of nitrogens with one attached hydrogen (secondary N) is 1. The molecule has 6 aliphatic rings. The molecule has 1 N–H and O–H groups in total. The van der Waals surface area contributed by atoms with Gasteiger partial charge in [-0.25, -0.2) is 17.7 Å². The van der Waals surface area contributed by atoms with Crippen molar-refractivity contribution in [2.45, 2.75) is 148 Å². The maximum atomic E-state index is 13.5. The fourth-order valence-corrected chi connectivity index (χ4v) is 18.3. The summed E-state index contributed by atoms with van der Waals surface area (Å²) >= 11 is 0. The second kappa shape index (κ2) is 38.0. The average Bonchev–Trinajstić information content (AvgIpc) is 1.63. The molecule has 0 fully saturated rings. The molecular formula is C73H92N15Na3O12S3. The fraction of sp³-hybridized carbons (Fsp3) is 0.479. The summed E-state index contributed by atoms with van der Waals surface area (Å²) in [6, 6.07) is 16.1. The number of benzene rings is 4. The normalized spacial score (nSPS) is 14.8. The summed E-state index contributed by atoms with van der Waals surface area (Å²) in [6.07, 6.45) is 26.5. The second-order valence-corrected chi connectivity index (χ2v) is 31.8. The predicted molar refractivity (Wildman–Crippen MR) is 390 cm³/mol. The van der Waals surface area contributed by atoms with Crippen LogP contribution in [0.1, 0.15) is 134 Å². The second-order valence-electron chi connectivity index (χ2n) is 27.3. The number of ether oxygens (including phenoxy) is 1. The maximum Gasteiger partial charge on any atom is 1.00 e. The number of rotatable bonds is 26. The zero-order chi connectivity index (χ0) is 73.3. The monoisotopic (exact) mass is 1540 g/mol. The first-order valence-electron chi connectivity index (χ1n) is 35.3. The van der Waals surface area contributed by atoms with E-state index >= 15 is 0 Å². The summed E-state index contributed by atoms with van der Waals surface area (Å²) in [5.41, 5.74) is 19.9. The van der Waals surface area contributed by atoms with Gasteiger partial charge in [0, 0.05) is 106 Å². The largest absolute Gasteiger partial charge is 1.00 e. The Labute approximate surface area is 689 Å². The Balaban J connectivity index is 0.000000200. The molecule has 4 aromatic carbocycles. The molecule has 552 valence electrons. The summed E-state index contributed by atoms with van der Waals surface area (Å²) in [7, 11) is -2.97. The molecule has 0 bridgehead atoms. The molecule has 7 aromatic rings. The predicted octanol–water partition coefficient (Wildman–Crippen LogP) is -4.67. The van der Waals surface area contributed by atoms with Crippen LogP contribution in [0.5, 0.6) is 0 Å². The Morgan fingerprint density at radius 2 is 0.774 bits per heavy atom. The van der Waals surface area contributed by atoms with Gasteiger partial charge in [0.25, 0.3) is 0 Å². The molecule has 6 aliphatic carbocycles. The van der Waals surface area contributed by atoms with E-state index < -0.39 is 54.4 Å². The van der Waals surface area contributed by atoms with Crippen LogP contribution in [0.2, 0.25) is 0 Å². The molecule has 2 amide bonds. The molecular weight excluding hydrogens is 1440 g/mol. The van der Waals surface area contributed by atoms with Crippen LogP contribution in [-0.4, -0.2) is 154 Å². The van der Waals surface area contributed by atoms with E-state index in [-0.39, 0.29) is 159 Å². The first-order chi connectivity index (χ1) is 49.2. The number of aromatic nitrogens is 6. The van der Waals surface area contributed by atoms with Gasteiger partial charge >= 0.3 is 125 Å². The van der Waals surface area contributed by atoms with Crippen molar-refractivity contribution >= 4 is 77.4 Å². The Morgan fingerprint density at radius 1 is 0.472 bits per heavy atom. The van der Waals surface area contributed by atoms with E-state index in [9.17, 15) is 50.2 Å². The van der Waals surface area contributed by atoms with Gasteiger partial charge < -0.3 is 35.2 Å². The number of hydrogen-bond donors (Lipinski definition) is 1. The number of amides is 2. The van der Waals surface area contributed by atoms with Crippen molar-refractivity contribution in [1.29, 1.82) is 0 Å². The molecule has 106 heavy (non-hydrogen) atoms. The quantitative estimate of drug-likeness (QED) is 0.0303. The number of carbonyl (C=O) groups excluding carboxylic acids is 2. The van der Waals surface area contributed by atoms with Crippen LogP contribution in [0, 0.1) is 0 Å². The average molecular weight is 1540 g/mol. The van der Waals surface area contributed by atoms with Gasteiger partial charge in [0.15, 0.2) is 0 Å². The minimum absolute atomic E-state index is 0. The molecule has 13 rings (SSSR count). The van der Waals surface area contributed by atoms with Crippen LogP contribution in [0.4, 0.5) is 21.9 Å².